The van der Waals surface area contributed by atoms with Crippen molar-refractivity contribution in [2.45, 2.75) is 60.4 Å². The van der Waals surface area contributed by atoms with Gasteiger partial charge in [-0.3, -0.25) is 10.1 Å². The van der Waals surface area contributed by atoms with Gasteiger partial charge in [0.15, 0.2) is 0 Å². The Morgan fingerprint density at radius 2 is 1.77 bits per heavy atom. The van der Waals surface area contributed by atoms with Crippen molar-refractivity contribution in [3.8, 4) is 11.6 Å². The van der Waals surface area contributed by atoms with Crippen molar-refractivity contribution < 1.29 is 9.66 Å². The second-order valence-corrected chi connectivity index (χ2v) is 6.42. The number of hydrogen-bond donors (Lipinski definition) is 1. The van der Waals surface area contributed by atoms with E-state index >= 15 is 0 Å². The molecule has 1 aromatic carbocycles. The minimum Gasteiger partial charge on any atom is -0.433 e. The van der Waals surface area contributed by atoms with Gasteiger partial charge in [0.05, 0.1) is 4.92 Å². The fraction of sp³-hybridized carbons (Fsp3) is 0.474. The second-order valence-electron chi connectivity index (χ2n) is 6.42. The number of nitrogens with zero attached hydrogens (tertiary/aromatic N) is 3. The molecule has 0 aliphatic rings. The number of anilines is 1. The SMILES string of the molecule is CCC(CC)Nc1nc(C)nc(Oc2ccc(C)c(C)c2C)c1[N+](=O)[O-]. The van der Waals surface area contributed by atoms with Crippen LogP contribution in [0.5, 0.6) is 11.6 Å². The van der Waals surface area contributed by atoms with Crippen molar-refractivity contribution in [1.82, 2.24) is 9.97 Å². The molecular weight excluding hydrogens is 332 g/mol. The van der Waals surface area contributed by atoms with Crippen LogP contribution in [0.2, 0.25) is 0 Å². The highest BCUT2D eigenvalue weighted by atomic mass is 16.6. The molecule has 0 unspecified atom stereocenters. The van der Waals surface area contributed by atoms with Gasteiger partial charge < -0.3 is 10.1 Å². The Kier molecular flexibility index (Phi) is 6.13. The zero-order chi connectivity index (χ0) is 19.4. The molecule has 0 aliphatic carbocycles. The van der Waals surface area contributed by atoms with Crippen LogP contribution >= 0.6 is 0 Å². The van der Waals surface area contributed by atoms with Gasteiger partial charge in [0.25, 0.3) is 0 Å². The van der Waals surface area contributed by atoms with Gasteiger partial charge in [-0.25, -0.2) is 4.98 Å². The summed E-state index contributed by atoms with van der Waals surface area (Å²) in [5.74, 6) is 1.14. The van der Waals surface area contributed by atoms with Crippen molar-refractivity contribution >= 4 is 11.5 Å². The second kappa shape index (κ2) is 8.12. The Labute approximate surface area is 154 Å². The largest absolute Gasteiger partial charge is 0.433 e. The van der Waals surface area contributed by atoms with E-state index in [0.717, 1.165) is 29.5 Å². The van der Waals surface area contributed by atoms with Crippen LogP contribution < -0.4 is 10.1 Å². The van der Waals surface area contributed by atoms with Gasteiger partial charge in [-0.2, -0.15) is 4.98 Å². The van der Waals surface area contributed by atoms with Crippen LogP contribution in [-0.2, 0) is 0 Å². The predicted octanol–water partition coefficient (Wildman–Crippen LogP) is 5.01. The Morgan fingerprint density at radius 1 is 1.12 bits per heavy atom. The van der Waals surface area contributed by atoms with E-state index in [9.17, 15) is 10.1 Å². The molecule has 0 fully saturated rings. The predicted molar refractivity (Wildman–Crippen MR) is 102 cm³/mol. The number of nitrogens with one attached hydrogen (secondary N) is 1. The lowest BCUT2D eigenvalue weighted by Gasteiger charge is -2.17. The van der Waals surface area contributed by atoms with E-state index in [1.54, 1.807) is 6.92 Å². The fourth-order valence-corrected chi connectivity index (χ4v) is 2.71. The maximum absolute atomic E-state index is 11.7. The molecule has 7 nitrogen and oxygen atoms in total. The molecule has 2 aromatic rings. The summed E-state index contributed by atoms with van der Waals surface area (Å²) in [6, 6.07) is 3.84. The first-order chi connectivity index (χ1) is 12.3. The van der Waals surface area contributed by atoms with Crippen LogP contribution in [0.4, 0.5) is 11.5 Å². The van der Waals surface area contributed by atoms with E-state index in [4.69, 9.17) is 4.74 Å². The molecule has 1 heterocycles. The lowest BCUT2D eigenvalue weighted by molar-refractivity contribution is -0.385. The summed E-state index contributed by atoms with van der Waals surface area (Å²) in [4.78, 5) is 19.7. The molecule has 0 spiro atoms. The summed E-state index contributed by atoms with van der Waals surface area (Å²) in [7, 11) is 0. The first-order valence-corrected chi connectivity index (χ1v) is 8.82. The first kappa shape index (κ1) is 19.6. The van der Waals surface area contributed by atoms with Crippen LogP contribution in [0, 0.1) is 37.8 Å². The fourth-order valence-electron chi connectivity index (χ4n) is 2.71. The molecule has 0 saturated carbocycles. The number of nitro groups is 1. The van der Waals surface area contributed by atoms with E-state index in [1.807, 2.05) is 46.8 Å². The number of rotatable bonds is 7. The van der Waals surface area contributed by atoms with Gasteiger partial charge in [-0.05, 0) is 63.3 Å². The Morgan fingerprint density at radius 3 is 2.35 bits per heavy atom. The smallest absolute Gasteiger partial charge is 0.373 e. The van der Waals surface area contributed by atoms with Crippen LogP contribution in [0.3, 0.4) is 0 Å². The highest BCUT2D eigenvalue weighted by Crippen LogP contribution is 2.37. The summed E-state index contributed by atoms with van der Waals surface area (Å²) in [5.41, 5.74) is 2.93. The number of benzene rings is 1. The third-order valence-corrected chi connectivity index (χ3v) is 4.69. The minimum absolute atomic E-state index is 0.0395. The van der Waals surface area contributed by atoms with E-state index < -0.39 is 4.92 Å². The molecule has 1 N–H and O–H groups in total. The zero-order valence-corrected chi connectivity index (χ0v) is 16.2. The zero-order valence-electron chi connectivity index (χ0n) is 16.2. The van der Waals surface area contributed by atoms with Gasteiger partial charge in [0.2, 0.25) is 5.82 Å². The van der Waals surface area contributed by atoms with Crippen molar-refractivity contribution in [3.63, 3.8) is 0 Å². The minimum atomic E-state index is -0.490. The number of ether oxygens (including phenoxy) is 1. The Balaban J connectivity index is 2.53. The summed E-state index contributed by atoms with van der Waals surface area (Å²) in [6.45, 7) is 11.7. The molecule has 0 radical (unpaired) electrons. The normalized spacial score (nSPS) is 10.9. The van der Waals surface area contributed by atoms with E-state index in [-0.39, 0.29) is 23.4 Å². The Hall–Kier alpha value is -2.70. The van der Waals surface area contributed by atoms with Gasteiger partial charge in [0, 0.05) is 6.04 Å². The van der Waals surface area contributed by atoms with Crippen molar-refractivity contribution in [2.75, 3.05) is 5.32 Å². The third-order valence-electron chi connectivity index (χ3n) is 4.69. The summed E-state index contributed by atoms with van der Waals surface area (Å²) >= 11 is 0. The van der Waals surface area contributed by atoms with E-state index in [1.165, 1.54) is 0 Å². The average molecular weight is 358 g/mol. The average Bonchev–Trinajstić information content (AvgIpc) is 2.59. The lowest BCUT2D eigenvalue weighted by Crippen LogP contribution is -2.19. The Bertz CT molecular complexity index is 817. The number of hydrogen-bond acceptors (Lipinski definition) is 6. The highest BCUT2D eigenvalue weighted by Gasteiger charge is 2.27. The summed E-state index contributed by atoms with van der Waals surface area (Å²) < 4.78 is 5.87. The molecule has 0 aliphatic heterocycles. The molecule has 0 saturated heterocycles. The molecule has 0 bridgehead atoms. The monoisotopic (exact) mass is 358 g/mol. The maximum atomic E-state index is 11.7. The van der Waals surface area contributed by atoms with Gasteiger partial charge in [0.1, 0.15) is 11.6 Å². The first-order valence-electron chi connectivity index (χ1n) is 8.82. The number of aromatic nitrogens is 2. The standard InChI is InChI=1S/C19H26N4O3/c1-7-15(8-2)22-18-17(23(24)25)19(21-14(6)20-18)26-16-10-9-11(3)12(4)13(16)5/h9-10,15H,7-8H2,1-6H3,(H,20,21,22). The molecular formula is C19H26N4O3. The molecule has 0 amide bonds. The number of aryl methyl sites for hydroxylation is 2. The molecule has 140 valence electrons. The van der Waals surface area contributed by atoms with Crippen LogP contribution in [0.25, 0.3) is 0 Å². The van der Waals surface area contributed by atoms with E-state index in [2.05, 4.69) is 15.3 Å². The van der Waals surface area contributed by atoms with Crippen molar-refractivity contribution in [1.29, 1.82) is 0 Å². The van der Waals surface area contributed by atoms with Gasteiger partial charge in [-0.15, -0.1) is 0 Å². The molecule has 2 rings (SSSR count). The summed E-state index contributed by atoms with van der Waals surface area (Å²) in [5, 5.41) is 14.9. The molecule has 1 aromatic heterocycles. The molecule has 7 heteroatoms. The van der Waals surface area contributed by atoms with Crippen LogP contribution in [0.1, 0.15) is 49.2 Å². The maximum Gasteiger partial charge on any atom is 0.373 e. The quantitative estimate of drug-likeness (QED) is 0.552. The van der Waals surface area contributed by atoms with Crippen molar-refractivity contribution in [2.24, 2.45) is 0 Å². The topological polar surface area (TPSA) is 90.2 Å². The van der Waals surface area contributed by atoms with Gasteiger partial charge >= 0.3 is 11.6 Å². The third kappa shape index (κ3) is 4.09. The molecule has 0 atom stereocenters. The molecule has 26 heavy (non-hydrogen) atoms. The highest BCUT2D eigenvalue weighted by molar-refractivity contribution is 5.63. The van der Waals surface area contributed by atoms with Crippen LogP contribution in [-0.4, -0.2) is 20.9 Å². The van der Waals surface area contributed by atoms with Crippen LogP contribution in [0.15, 0.2) is 12.1 Å². The van der Waals surface area contributed by atoms with E-state index in [0.29, 0.717) is 11.6 Å². The summed E-state index contributed by atoms with van der Waals surface area (Å²) in [6.07, 6.45) is 1.67. The van der Waals surface area contributed by atoms with Crippen molar-refractivity contribution in [3.05, 3.63) is 44.8 Å². The van der Waals surface area contributed by atoms with Gasteiger partial charge in [-0.1, -0.05) is 19.9 Å². The lowest BCUT2D eigenvalue weighted by atomic mass is 10.0.